The van der Waals surface area contributed by atoms with Gasteiger partial charge in [-0.1, -0.05) is 18.7 Å². The molecular formula is C13H25BO8S. The van der Waals surface area contributed by atoms with E-state index in [0.29, 0.717) is 0 Å². The van der Waals surface area contributed by atoms with Crippen LogP contribution in [-0.4, -0.2) is 99.2 Å². The summed E-state index contributed by atoms with van der Waals surface area (Å²) in [6, 6.07) is 0. The van der Waals surface area contributed by atoms with Crippen molar-refractivity contribution in [1.29, 1.82) is 0 Å². The van der Waals surface area contributed by atoms with Gasteiger partial charge in [0.1, 0.15) is 30.9 Å². The molecule has 2 heterocycles. The van der Waals surface area contributed by atoms with Crippen molar-refractivity contribution >= 4 is 19.6 Å². The summed E-state index contributed by atoms with van der Waals surface area (Å²) in [5, 5.41) is 58.9. The van der Waals surface area contributed by atoms with Crippen molar-refractivity contribution in [1.82, 2.24) is 0 Å². The van der Waals surface area contributed by atoms with Crippen LogP contribution in [0.25, 0.3) is 0 Å². The standard InChI is InChI=1S/C13H25BO8S/c1-4-8(17)5(2-15)21-12(9(4)18)23-13-11(20)7(14)10(19)6(3-16)22-13/h4-13,15-20H,2-3,14H2,1H3/t4?,5?,6-,7?,8-,9+,10?,11-,12+,13?/m1/s1. The van der Waals surface area contributed by atoms with Crippen LogP contribution in [-0.2, 0) is 9.47 Å². The first-order valence-corrected chi connectivity index (χ1v) is 8.66. The molecule has 8 nitrogen and oxygen atoms in total. The molecule has 2 aliphatic rings. The van der Waals surface area contributed by atoms with Crippen LogP contribution in [0, 0.1) is 5.92 Å². The van der Waals surface area contributed by atoms with Crippen molar-refractivity contribution in [2.45, 2.75) is 60.2 Å². The maximum absolute atomic E-state index is 10.3. The fourth-order valence-electron chi connectivity index (χ4n) is 2.90. The first kappa shape index (κ1) is 19.4. The van der Waals surface area contributed by atoms with E-state index in [1.54, 1.807) is 14.8 Å². The quantitative estimate of drug-likeness (QED) is 0.287. The van der Waals surface area contributed by atoms with Gasteiger partial charge >= 0.3 is 0 Å². The van der Waals surface area contributed by atoms with E-state index in [2.05, 4.69) is 0 Å². The average molecular weight is 352 g/mol. The maximum atomic E-state index is 10.3. The molecule has 23 heavy (non-hydrogen) atoms. The monoisotopic (exact) mass is 352 g/mol. The molecule has 10 heteroatoms. The SMILES string of the molecule is BC1C(O)[C@@H](CO)OC(S[C@@H]2OC(CO)[C@H](O)C(C)[C@@H]2O)[C@@H]1O. The molecule has 0 amide bonds. The molecule has 0 aromatic carbocycles. The van der Waals surface area contributed by atoms with E-state index in [0.717, 1.165) is 11.8 Å². The third kappa shape index (κ3) is 3.86. The number of hydrogen-bond donors (Lipinski definition) is 6. The van der Waals surface area contributed by atoms with Crippen LogP contribution in [0.3, 0.4) is 0 Å². The average Bonchev–Trinajstić information content (AvgIpc) is 2.55. The first-order valence-electron chi connectivity index (χ1n) is 7.72. The second-order valence-electron chi connectivity index (χ2n) is 6.27. The summed E-state index contributed by atoms with van der Waals surface area (Å²) in [5.41, 5.74) is -1.63. The number of ether oxygens (including phenoxy) is 2. The Labute approximate surface area is 139 Å². The maximum Gasteiger partial charge on any atom is 0.132 e. The van der Waals surface area contributed by atoms with E-state index in [1.165, 1.54) is 0 Å². The summed E-state index contributed by atoms with van der Waals surface area (Å²) in [6.07, 6.45) is -5.66. The molecule has 0 radical (unpaired) electrons. The van der Waals surface area contributed by atoms with E-state index in [9.17, 15) is 30.6 Å². The molecule has 0 saturated carbocycles. The molecule has 0 aromatic heterocycles. The lowest BCUT2D eigenvalue weighted by Gasteiger charge is -2.45. The van der Waals surface area contributed by atoms with E-state index in [4.69, 9.17) is 9.47 Å². The van der Waals surface area contributed by atoms with Gasteiger partial charge in [0.15, 0.2) is 0 Å². The molecule has 2 saturated heterocycles. The Bertz CT molecular complexity index is 353. The largest absolute Gasteiger partial charge is 0.394 e. The van der Waals surface area contributed by atoms with E-state index in [-0.39, 0.29) is 0 Å². The van der Waals surface area contributed by atoms with Crippen LogP contribution in [0.4, 0.5) is 0 Å². The van der Waals surface area contributed by atoms with Gasteiger partial charge in [-0.2, -0.15) is 0 Å². The Morgan fingerprint density at radius 1 is 0.826 bits per heavy atom. The molecule has 0 aliphatic carbocycles. The second-order valence-corrected chi connectivity index (χ2v) is 7.47. The highest BCUT2D eigenvalue weighted by molar-refractivity contribution is 8.00. The van der Waals surface area contributed by atoms with E-state index in [1.807, 2.05) is 0 Å². The van der Waals surface area contributed by atoms with Gasteiger partial charge in [-0.05, 0) is 5.82 Å². The summed E-state index contributed by atoms with van der Waals surface area (Å²) in [6.45, 7) is 0.866. The molecular weight excluding hydrogens is 327 g/mol. The molecule has 0 spiro atoms. The molecule has 2 fully saturated rings. The molecule has 0 aromatic rings. The second kappa shape index (κ2) is 7.98. The van der Waals surface area contributed by atoms with Crippen molar-refractivity contribution < 1.29 is 40.1 Å². The number of aliphatic hydroxyl groups is 6. The zero-order valence-corrected chi connectivity index (χ0v) is 13.9. The fraction of sp³-hybridized carbons (Fsp3) is 1.00. The zero-order chi connectivity index (χ0) is 17.3. The van der Waals surface area contributed by atoms with Gasteiger partial charge in [0.25, 0.3) is 0 Å². The van der Waals surface area contributed by atoms with Crippen LogP contribution in [0.5, 0.6) is 0 Å². The Kier molecular flexibility index (Phi) is 6.74. The Hall–Kier alpha value is 0.0949. The van der Waals surface area contributed by atoms with Crippen LogP contribution < -0.4 is 0 Å². The highest BCUT2D eigenvalue weighted by Crippen LogP contribution is 2.40. The van der Waals surface area contributed by atoms with Gasteiger partial charge in [-0.15, -0.1) is 0 Å². The van der Waals surface area contributed by atoms with Gasteiger partial charge in [-0.25, -0.2) is 0 Å². The number of thioether (sulfide) groups is 1. The first-order chi connectivity index (χ1) is 10.8. The summed E-state index contributed by atoms with van der Waals surface area (Å²) in [5.74, 6) is -1.04. The number of hydrogen-bond acceptors (Lipinski definition) is 9. The molecule has 5 unspecified atom stereocenters. The van der Waals surface area contributed by atoms with Crippen molar-refractivity contribution in [2.75, 3.05) is 13.2 Å². The predicted octanol–water partition coefficient (Wildman–Crippen LogP) is -3.34. The highest BCUT2D eigenvalue weighted by atomic mass is 32.2. The minimum absolute atomic E-state index is 0.391. The molecule has 0 bridgehead atoms. The van der Waals surface area contributed by atoms with E-state index < -0.39 is 72.4 Å². The van der Waals surface area contributed by atoms with Crippen molar-refractivity contribution in [3.05, 3.63) is 0 Å². The van der Waals surface area contributed by atoms with Crippen LogP contribution in [0.2, 0.25) is 5.82 Å². The molecule has 2 aliphatic heterocycles. The Morgan fingerprint density at radius 3 is 1.83 bits per heavy atom. The summed E-state index contributed by atoms with van der Waals surface area (Å²) in [7, 11) is 1.65. The van der Waals surface area contributed by atoms with Gasteiger partial charge in [0.2, 0.25) is 0 Å². The lowest BCUT2D eigenvalue weighted by molar-refractivity contribution is -0.181. The third-order valence-electron chi connectivity index (χ3n) is 4.72. The highest BCUT2D eigenvalue weighted by Gasteiger charge is 2.47. The van der Waals surface area contributed by atoms with Crippen molar-refractivity contribution in [3.63, 3.8) is 0 Å². The Morgan fingerprint density at radius 2 is 1.30 bits per heavy atom. The minimum atomic E-state index is -1.01. The summed E-state index contributed by atoms with van der Waals surface area (Å²) in [4.78, 5) is 0. The van der Waals surface area contributed by atoms with Crippen molar-refractivity contribution in [2.24, 2.45) is 5.92 Å². The summed E-state index contributed by atoms with van der Waals surface area (Å²) < 4.78 is 11.0. The van der Waals surface area contributed by atoms with E-state index >= 15 is 0 Å². The minimum Gasteiger partial charge on any atom is -0.394 e. The van der Waals surface area contributed by atoms with Gasteiger partial charge in [-0.3, -0.25) is 0 Å². The molecule has 6 N–H and O–H groups in total. The lowest BCUT2D eigenvalue weighted by Crippen LogP contribution is -2.56. The number of aliphatic hydroxyl groups excluding tert-OH is 6. The smallest absolute Gasteiger partial charge is 0.132 e. The predicted molar refractivity (Wildman–Crippen MR) is 84.6 cm³/mol. The Balaban J connectivity index is 2.07. The van der Waals surface area contributed by atoms with Crippen LogP contribution in [0.1, 0.15) is 6.92 Å². The van der Waals surface area contributed by atoms with Gasteiger partial charge in [0, 0.05) is 5.92 Å². The molecule has 134 valence electrons. The van der Waals surface area contributed by atoms with Gasteiger partial charge < -0.3 is 40.1 Å². The summed E-state index contributed by atoms with van der Waals surface area (Å²) >= 11 is 1.02. The number of rotatable bonds is 4. The van der Waals surface area contributed by atoms with Crippen LogP contribution >= 0.6 is 11.8 Å². The fourth-order valence-corrected chi connectivity index (χ4v) is 4.40. The normalized spacial score (nSPS) is 51.6. The third-order valence-corrected chi connectivity index (χ3v) is 6.04. The molecule has 10 atom stereocenters. The van der Waals surface area contributed by atoms with Crippen molar-refractivity contribution in [3.8, 4) is 0 Å². The topological polar surface area (TPSA) is 140 Å². The zero-order valence-electron chi connectivity index (χ0n) is 13.1. The van der Waals surface area contributed by atoms with Gasteiger partial charge in [0.05, 0.1) is 37.6 Å². The lowest BCUT2D eigenvalue weighted by atomic mass is 9.75. The molecule has 2 rings (SSSR count). The van der Waals surface area contributed by atoms with Crippen LogP contribution in [0.15, 0.2) is 0 Å².